The number of aromatic carboxylic acids is 1. The van der Waals surface area contributed by atoms with Gasteiger partial charge in [-0.15, -0.1) is 0 Å². The molecule has 0 aliphatic heterocycles. The SMILES string of the molecule is C.CCOC(=O)[C@H](O)C[C@H](N)Cc1ccc(-c2cccc(Cl)c2)cc1.O=C(N[C@H](Cc1ccc(-c2cccc(Cl)c2)cc1)C[C@@H](O)C(=O)OCc1ccccc1)c1cc(=O)n(-c2ccccn2)[nH]1.O=C(O)c1cc(=O)n(-c2ccccn2)[nH]1.OCc1ccccc1. The van der Waals surface area contributed by atoms with Crippen molar-refractivity contribution in [2.45, 2.75) is 77.5 Å². The number of H-pyrrole nitrogens is 2. The molecular weight excluding hydrogens is 1200 g/mol. The van der Waals surface area contributed by atoms with Crippen LogP contribution >= 0.6 is 23.2 Å². The Balaban J connectivity index is 0.000000228. The molecule has 4 atom stereocenters. The first-order valence-electron chi connectivity index (χ1n) is 28.3. The molecule has 0 saturated heterocycles. The van der Waals surface area contributed by atoms with E-state index < -0.39 is 53.2 Å². The Morgan fingerprint density at radius 2 is 1.01 bits per heavy atom. The molecular formula is C69H70Cl2N8O12. The highest BCUT2D eigenvalue weighted by Gasteiger charge is 2.26. The first-order valence-corrected chi connectivity index (χ1v) is 29.1. The lowest BCUT2D eigenvalue weighted by Crippen LogP contribution is -2.41. The summed E-state index contributed by atoms with van der Waals surface area (Å²) in [5.74, 6) is -2.48. The fraction of sp³-hybridized carbons (Fsp3) is 0.188. The molecule has 0 radical (unpaired) electrons. The van der Waals surface area contributed by atoms with Crippen LogP contribution in [0.4, 0.5) is 0 Å². The molecule has 9 N–H and O–H groups in total. The third-order valence-electron chi connectivity index (χ3n) is 13.3. The number of ether oxygens (including phenoxy) is 2. The van der Waals surface area contributed by atoms with Crippen LogP contribution in [0.25, 0.3) is 33.9 Å². The Morgan fingerprint density at radius 1 is 0.549 bits per heavy atom. The van der Waals surface area contributed by atoms with E-state index in [-0.39, 0.29) is 57.5 Å². The first kappa shape index (κ1) is 70.0. The monoisotopic (exact) mass is 1270 g/mol. The molecule has 0 unspecified atom stereocenters. The average Bonchev–Trinajstić information content (AvgIpc) is 2.27. The summed E-state index contributed by atoms with van der Waals surface area (Å²) in [7, 11) is 0. The molecule has 91 heavy (non-hydrogen) atoms. The Kier molecular flexibility index (Phi) is 27.6. The van der Waals surface area contributed by atoms with E-state index in [4.69, 9.17) is 48.6 Å². The quantitative estimate of drug-likeness (QED) is 0.0310. The Labute approximate surface area is 535 Å². The lowest BCUT2D eigenvalue weighted by atomic mass is 9.97. The molecule has 6 aromatic carbocycles. The largest absolute Gasteiger partial charge is 0.477 e. The molecule has 20 nitrogen and oxygen atoms in total. The second-order valence-corrected chi connectivity index (χ2v) is 21.0. The lowest BCUT2D eigenvalue weighted by molar-refractivity contribution is -0.155. The number of carbonyl (C=O) groups is 4. The standard InChI is InChI=1S/C33H29ClN4O5.C19H22ClNO3.C9H7N3O3.C7H8O.CH4/c34-26-10-6-9-25(18-26)24-14-12-22(13-15-24)17-27(19-29(39)33(42)43-21-23-7-2-1-3-8-23)36-32(41)28-20-31(40)38(37-28)30-11-4-5-16-35-30;1-2-24-19(23)18(22)12-17(21)10-13-6-8-14(9-7-13)15-4-3-5-16(20)11-15;13-8-5-6(9(14)15)11-12(8)7-3-1-2-4-10-7;8-6-7-4-2-1-3-5-7;/h1-16,18,20,27,29,37,39H,17,19,21H2,(H,36,41);3-9,11,17-18,22H,2,10,12,21H2,1H3;1-5,11H,(H,14,15);1-5,8H,6H2;1H4/t27-,29-;17-,18-;;;/m11.../s1. The van der Waals surface area contributed by atoms with Gasteiger partial charge in [0, 0.05) is 53.1 Å². The number of aliphatic hydroxyl groups excluding tert-OH is 3. The van der Waals surface area contributed by atoms with Crippen molar-refractivity contribution in [2.24, 2.45) is 5.73 Å². The predicted octanol–water partition coefficient (Wildman–Crippen LogP) is 9.98. The van der Waals surface area contributed by atoms with Crippen molar-refractivity contribution in [1.82, 2.24) is 34.8 Å². The van der Waals surface area contributed by atoms with Crippen molar-refractivity contribution in [3.63, 3.8) is 0 Å². The minimum atomic E-state index is -1.49. The predicted molar refractivity (Wildman–Crippen MR) is 349 cm³/mol. The van der Waals surface area contributed by atoms with Gasteiger partial charge in [0.25, 0.3) is 17.0 Å². The van der Waals surface area contributed by atoms with Crippen LogP contribution in [0, 0.1) is 0 Å². The van der Waals surface area contributed by atoms with Crippen molar-refractivity contribution in [2.75, 3.05) is 6.61 Å². The number of pyridine rings is 2. The van der Waals surface area contributed by atoms with E-state index in [1.165, 1.54) is 18.5 Å². The van der Waals surface area contributed by atoms with Crippen LogP contribution in [0.15, 0.2) is 228 Å². The number of aliphatic hydroxyl groups is 3. The number of carboxylic acid groups (broad SMARTS) is 1. The minimum absolute atomic E-state index is 0. The van der Waals surface area contributed by atoms with Crippen molar-refractivity contribution < 1.29 is 49.1 Å². The van der Waals surface area contributed by atoms with Crippen LogP contribution in [0.3, 0.4) is 0 Å². The molecule has 10 rings (SSSR count). The van der Waals surface area contributed by atoms with Gasteiger partial charge >= 0.3 is 17.9 Å². The lowest BCUT2D eigenvalue weighted by Gasteiger charge is -2.21. The van der Waals surface area contributed by atoms with E-state index in [0.29, 0.717) is 34.5 Å². The van der Waals surface area contributed by atoms with E-state index in [1.54, 1.807) is 49.4 Å². The van der Waals surface area contributed by atoms with Crippen molar-refractivity contribution >= 4 is 47.0 Å². The van der Waals surface area contributed by atoms with Gasteiger partial charge in [-0.2, -0.15) is 0 Å². The van der Waals surface area contributed by atoms with Crippen LogP contribution in [-0.2, 0) is 45.1 Å². The van der Waals surface area contributed by atoms with Crippen LogP contribution in [-0.4, -0.2) is 105 Å². The third kappa shape index (κ3) is 22.2. The number of amides is 1. The summed E-state index contributed by atoms with van der Waals surface area (Å²) in [5.41, 5.74) is 12.7. The summed E-state index contributed by atoms with van der Waals surface area (Å²) in [6.07, 6.45) is 1.33. The maximum absolute atomic E-state index is 13.2. The number of esters is 2. The van der Waals surface area contributed by atoms with Gasteiger partial charge in [0.2, 0.25) is 0 Å². The number of nitrogens with one attached hydrogen (secondary N) is 3. The fourth-order valence-corrected chi connectivity index (χ4v) is 9.24. The van der Waals surface area contributed by atoms with Crippen LogP contribution in [0.2, 0.25) is 10.0 Å². The number of aromatic nitrogens is 6. The number of aromatic amines is 2. The number of nitrogens with two attached hydrogens (primary N) is 1. The number of hydrogen-bond acceptors (Lipinski definition) is 14. The molecule has 4 heterocycles. The van der Waals surface area contributed by atoms with Crippen LogP contribution in [0.1, 0.15) is 70.4 Å². The molecule has 0 fully saturated rings. The zero-order valence-corrected chi connectivity index (χ0v) is 50.2. The van der Waals surface area contributed by atoms with Gasteiger partial charge in [0.05, 0.1) is 13.2 Å². The molecule has 0 aliphatic rings. The van der Waals surface area contributed by atoms with Gasteiger partial charge in [-0.05, 0) is 119 Å². The average molecular weight is 1270 g/mol. The topological polar surface area (TPSA) is 307 Å². The van der Waals surface area contributed by atoms with Crippen LogP contribution in [0.5, 0.6) is 0 Å². The zero-order chi connectivity index (χ0) is 64.4. The number of rotatable bonds is 21. The molecule has 0 saturated carbocycles. The normalized spacial score (nSPS) is 11.8. The van der Waals surface area contributed by atoms with E-state index in [1.807, 2.05) is 152 Å². The third-order valence-corrected chi connectivity index (χ3v) is 13.8. The van der Waals surface area contributed by atoms with Gasteiger partial charge in [-0.3, -0.25) is 24.6 Å². The Bertz CT molecular complexity index is 4000. The first-order chi connectivity index (χ1) is 43.5. The summed E-state index contributed by atoms with van der Waals surface area (Å²) in [4.78, 5) is 79.9. The maximum atomic E-state index is 13.2. The smallest absolute Gasteiger partial charge is 0.353 e. The number of nitrogens with zero attached hydrogens (tertiary/aromatic N) is 4. The molecule has 4 aromatic heterocycles. The highest BCUT2D eigenvalue weighted by Crippen LogP contribution is 2.25. The Morgan fingerprint density at radius 3 is 1.46 bits per heavy atom. The highest BCUT2D eigenvalue weighted by molar-refractivity contribution is 6.31. The number of halogens is 2. The van der Waals surface area contributed by atoms with Gasteiger partial charge < -0.3 is 41.0 Å². The van der Waals surface area contributed by atoms with E-state index >= 15 is 0 Å². The van der Waals surface area contributed by atoms with E-state index in [2.05, 4.69) is 25.5 Å². The molecule has 0 bridgehead atoms. The fourth-order valence-electron chi connectivity index (χ4n) is 8.86. The molecule has 10 aromatic rings. The molecule has 0 aliphatic carbocycles. The van der Waals surface area contributed by atoms with Gasteiger partial charge in [0.15, 0.2) is 23.8 Å². The Hall–Kier alpha value is -10.1. The number of hydrogen-bond donors (Lipinski definition) is 8. The summed E-state index contributed by atoms with van der Waals surface area (Å²) < 4.78 is 12.3. The zero-order valence-electron chi connectivity index (χ0n) is 48.7. The molecule has 0 spiro atoms. The van der Waals surface area contributed by atoms with E-state index in [0.717, 1.165) is 59.9 Å². The van der Waals surface area contributed by atoms with Gasteiger partial charge in [-0.25, -0.2) is 33.7 Å². The summed E-state index contributed by atoms with van der Waals surface area (Å²) in [5, 5.41) is 47.1. The maximum Gasteiger partial charge on any atom is 0.353 e. The second-order valence-electron chi connectivity index (χ2n) is 20.1. The van der Waals surface area contributed by atoms with Gasteiger partial charge in [0.1, 0.15) is 18.0 Å². The van der Waals surface area contributed by atoms with Crippen molar-refractivity contribution in [3.05, 3.63) is 283 Å². The van der Waals surface area contributed by atoms with Crippen LogP contribution < -0.4 is 22.2 Å². The number of carbonyl (C=O) groups excluding carboxylic acids is 3. The highest BCUT2D eigenvalue weighted by atomic mass is 35.5. The molecule has 22 heteroatoms. The van der Waals surface area contributed by atoms with Gasteiger partial charge in [-0.1, -0.05) is 176 Å². The summed E-state index contributed by atoms with van der Waals surface area (Å²) >= 11 is 12.2. The van der Waals surface area contributed by atoms with Crippen molar-refractivity contribution in [3.8, 4) is 33.9 Å². The minimum Gasteiger partial charge on any atom is -0.477 e. The summed E-state index contributed by atoms with van der Waals surface area (Å²) in [6.45, 7) is 2.10. The van der Waals surface area contributed by atoms with E-state index in [9.17, 15) is 39.0 Å². The van der Waals surface area contributed by atoms with Crippen molar-refractivity contribution in [1.29, 1.82) is 0 Å². The number of benzene rings is 6. The molecule has 1 amide bonds. The number of carboxylic acids is 1. The second kappa shape index (κ2) is 35.8. The summed E-state index contributed by atoms with van der Waals surface area (Å²) in [6, 6.07) is 60.8. The molecule has 472 valence electrons.